The number of piperazine rings is 1. The van der Waals surface area contributed by atoms with Crippen molar-refractivity contribution in [2.24, 2.45) is 0 Å². The third-order valence-corrected chi connectivity index (χ3v) is 3.28. The Balaban J connectivity index is 2.15. The smallest absolute Gasteiger partial charge is 0.410 e. The minimum absolute atomic E-state index is 0.179. The molecule has 1 amide bonds. The van der Waals surface area contributed by atoms with Gasteiger partial charge in [0.1, 0.15) is 5.60 Å². The minimum atomic E-state index is -0.404. The molecule has 0 atom stereocenters. The van der Waals surface area contributed by atoms with Gasteiger partial charge in [0.15, 0.2) is 0 Å². The summed E-state index contributed by atoms with van der Waals surface area (Å²) in [6.07, 6.45) is 2.18. The summed E-state index contributed by atoms with van der Waals surface area (Å²) < 4.78 is 5.40. The van der Waals surface area contributed by atoms with Crippen LogP contribution in [0.15, 0.2) is 0 Å². The standard InChI is InChI=1S/C15H31N3O2/c1-5-7-16-8-6-9-17-10-12-18(13-11-17)14(19)20-15(2,3)4/h16H,5-13H2,1-4H3. The predicted octanol–water partition coefficient (Wildman–Crippen LogP) is 1.93. The van der Waals surface area contributed by atoms with E-state index in [-0.39, 0.29) is 6.09 Å². The molecule has 1 rings (SSSR count). The molecule has 0 bridgehead atoms. The molecule has 0 radical (unpaired) electrons. The summed E-state index contributed by atoms with van der Waals surface area (Å²) in [4.78, 5) is 16.2. The lowest BCUT2D eigenvalue weighted by Crippen LogP contribution is -2.50. The highest BCUT2D eigenvalue weighted by atomic mass is 16.6. The first-order chi connectivity index (χ1) is 9.42. The second kappa shape index (κ2) is 8.47. The Morgan fingerprint density at radius 3 is 2.35 bits per heavy atom. The van der Waals surface area contributed by atoms with Gasteiger partial charge < -0.3 is 15.0 Å². The topological polar surface area (TPSA) is 44.8 Å². The van der Waals surface area contributed by atoms with Crippen LogP contribution in [0.2, 0.25) is 0 Å². The second-order valence-corrected chi connectivity index (χ2v) is 6.41. The van der Waals surface area contributed by atoms with Crippen molar-refractivity contribution in [3.63, 3.8) is 0 Å². The van der Waals surface area contributed by atoms with E-state index in [1.54, 1.807) is 0 Å². The van der Waals surface area contributed by atoms with E-state index in [0.717, 1.165) is 45.8 Å². The molecule has 0 spiro atoms. The molecule has 1 aliphatic heterocycles. The van der Waals surface area contributed by atoms with Crippen molar-refractivity contribution in [1.82, 2.24) is 15.1 Å². The maximum absolute atomic E-state index is 11.9. The van der Waals surface area contributed by atoms with Crippen molar-refractivity contribution in [3.05, 3.63) is 0 Å². The van der Waals surface area contributed by atoms with Crippen molar-refractivity contribution in [2.45, 2.75) is 46.1 Å². The van der Waals surface area contributed by atoms with Gasteiger partial charge in [0, 0.05) is 26.2 Å². The molecule has 118 valence electrons. The van der Waals surface area contributed by atoms with E-state index >= 15 is 0 Å². The molecule has 1 saturated heterocycles. The monoisotopic (exact) mass is 285 g/mol. The molecule has 0 aromatic carbocycles. The van der Waals surface area contributed by atoms with Gasteiger partial charge in [-0.1, -0.05) is 6.92 Å². The van der Waals surface area contributed by atoms with E-state index in [1.165, 1.54) is 12.8 Å². The van der Waals surface area contributed by atoms with Crippen LogP contribution in [0.3, 0.4) is 0 Å². The second-order valence-electron chi connectivity index (χ2n) is 6.41. The van der Waals surface area contributed by atoms with Crippen LogP contribution >= 0.6 is 0 Å². The van der Waals surface area contributed by atoms with Gasteiger partial charge in [0.2, 0.25) is 0 Å². The quantitative estimate of drug-likeness (QED) is 0.757. The fourth-order valence-corrected chi connectivity index (χ4v) is 2.21. The van der Waals surface area contributed by atoms with Gasteiger partial charge in [0.05, 0.1) is 0 Å². The zero-order valence-corrected chi connectivity index (χ0v) is 13.6. The number of ether oxygens (including phenoxy) is 1. The van der Waals surface area contributed by atoms with Crippen molar-refractivity contribution in [1.29, 1.82) is 0 Å². The van der Waals surface area contributed by atoms with Gasteiger partial charge in [0.25, 0.3) is 0 Å². The molecule has 1 N–H and O–H groups in total. The first-order valence-electron chi connectivity index (χ1n) is 7.83. The Morgan fingerprint density at radius 2 is 1.80 bits per heavy atom. The van der Waals surface area contributed by atoms with Crippen LogP contribution in [0.1, 0.15) is 40.5 Å². The van der Waals surface area contributed by atoms with E-state index in [4.69, 9.17) is 4.74 Å². The molecule has 1 heterocycles. The lowest BCUT2D eigenvalue weighted by Gasteiger charge is -2.35. The lowest BCUT2D eigenvalue weighted by molar-refractivity contribution is 0.0144. The van der Waals surface area contributed by atoms with Crippen molar-refractivity contribution < 1.29 is 9.53 Å². The number of nitrogens with zero attached hydrogens (tertiary/aromatic N) is 2. The maximum Gasteiger partial charge on any atom is 0.410 e. The number of nitrogens with one attached hydrogen (secondary N) is 1. The maximum atomic E-state index is 11.9. The number of carbonyl (C=O) groups is 1. The zero-order valence-electron chi connectivity index (χ0n) is 13.6. The average molecular weight is 285 g/mol. The van der Waals surface area contributed by atoms with Crippen LogP contribution < -0.4 is 5.32 Å². The van der Waals surface area contributed by atoms with Gasteiger partial charge in [-0.05, 0) is 53.2 Å². The molecule has 0 unspecified atom stereocenters. The number of rotatable bonds is 6. The van der Waals surface area contributed by atoms with Crippen LogP contribution in [0.4, 0.5) is 4.79 Å². The average Bonchev–Trinajstić information content (AvgIpc) is 2.37. The van der Waals surface area contributed by atoms with Crippen LogP contribution in [0.5, 0.6) is 0 Å². The fourth-order valence-electron chi connectivity index (χ4n) is 2.21. The number of hydrogen-bond acceptors (Lipinski definition) is 4. The predicted molar refractivity (Wildman–Crippen MR) is 82.0 cm³/mol. The highest BCUT2D eigenvalue weighted by Gasteiger charge is 2.25. The van der Waals surface area contributed by atoms with Crippen molar-refractivity contribution in [2.75, 3.05) is 45.8 Å². The zero-order chi connectivity index (χ0) is 15.0. The Bertz CT molecular complexity index is 281. The molecule has 5 nitrogen and oxygen atoms in total. The van der Waals surface area contributed by atoms with Crippen molar-refractivity contribution in [3.8, 4) is 0 Å². The number of amides is 1. The summed E-state index contributed by atoms with van der Waals surface area (Å²) in [7, 11) is 0. The number of hydrogen-bond donors (Lipinski definition) is 1. The minimum Gasteiger partial charge on any atom is -0.444 e. The molecular formula is C15H31N3O2. The largest absolute Gasteiger partial charge is 0.444 e. The Labute approximate surface area is 123 Å². The summed E-state index contributed by atoms with van der Waals surface area (Å²) in [6, 6.07) is 0. The Kier molecular flexibility index (Phi) is 7.30. The van der Waals surface area contributed by atoms with Gasteiger partial charge in [-0.2, -0.15) is 0 Å². The first-order valence-corrected chi connectivity index (χ1v) is 7.83. The lowest BCUT2D eigenvalue weighted by atomic mass is 10.2. The summed E-state index contributed by atoms with van der Waals surface area (Å²) in [5.41, 5.74) is -0.404. The number of carbonyl (C=O) groups excluding carboxylic acids is 1. The van der Waals surface area contributed by atoms with Gasteiger partial charge in [-0.25, -0.2) is 4.79 Å². The van der Waals surface area contributed by atoms with E-state index in [2.05, 4.69) is 17.1 Å². The van der Waals surface area contributed by atoms with Crippen LogP contribution in [-0.2, 0) is 4.74 Å². The van der Waals surface area contributed by atoms with Gasteiger partial charge in [-0.3, -0.25) is 4.90 Å². The van der Waals surface area contributed by atoms with E-state index in [9.17, 15) is 4.79 Å². The SMILES string of the molecule is CCCNCCCN1CCN(C(=O)OC(C)(C)C)CC1. The van der Waals surface area contributed by atoms with E-state index in [0.29, 0.717) is 0 Å². The van der Waals surface area contributed by atoms with Gasteiger partial charge >= 0.3 is 6.09 Å². The van der Waals surface area contributed by atoms with Crippen LogP contribution in [-0.4, -0.2) is 67.3 Å². The highest BCUT2D eigenvalue weighted by molar-refractivity contribution is 5.68. The summed E-state index contributed by atoms with van der Waals surface area (Å²) in [6.45, 7) is 14.7. The van der Waals surface area contributed by atoms with E-state index in [1.807, 2.05) is 25.7 Å². The third-order valence-electron chi connectivity index (χ3n) is 3.28. The highest BCUT2D eigenvalue weighted by Crippen LogP contribution is 2.11. The third kappa shape index (κ3) is 7.10. The molecule has 0 saturated carbocycles. The molecule has 20 heavy (non-hydrogen) atoms. The first kappa shape index (κ1) is 17.2. The molecule has 0 aromatic heterocycles. The molecule has 1 fully saturated rings. The Hall–Kier alpha value is -0.810. The summed E-state index contributed by atoms with van der Waals surface area (Å²) in [5.74, 6) is 0. The van der Waals surface area contributed by atoms with Crippen molar-refractivity contribution >= 4 is 6.09 Å². The fraction of sp³-hybridized carbons (Fsp3) is 0.933. The van der Waals surface area contributed by atoms with E-state index < -0.39 is 5.60 Å². The van der Waals surface area contributed by atoms with Gasteiger partial charge in [-0.15, -0.1) is 0 Å². The Morgan fingerprint density at radius 1 is 1.15 bits per heavy atom. The molecule has 1 aliphatic rings. The summed E-state index contributed by atoms with van der Waals surface area (Å²) >= 11 is 0. The molecule has 5 heteroatoms. The molecular weight excluding hydrogens is 254 g/mol. The molecule has 0 aromatic rings. The summed E-state index contributed by atoms with van der Waals surface area (Å²) in [5, 5.41) is 3.42. The molecule has 0 aliphatic carbocycles. The normalized spacial score (nSPS) is 17.3. The van der Waals surface area contributed by atoms with Crippen LogP contribution in [0.25, 0.3) is 0 Å². The van der Waals surface area contributed by atoms with Crippen LogP contribution in [0, 0.1) is 0 Å².